The van der Waals surface area contributed by atoms with Crippen LogP contribution in [0.15, 0.2) is 0 Å². The zero-order chi connectivity index (χ0) is 14.7. The number of rotatable bonds is 2. The lowest BCUT2D eigenvalue weighted by atomic mass is 9.48. The molecule has 116 valence electrons. The second-order valence-corrected chi connectivity index (χ2v) is 7.85. The summed E-state index contributed by atoms with van der Waals surface area (Å²) in [6.45, 7) is 0.689. The van der Waals surface area contributed by atoms with Crippen molar-refractivity contribution < 1.29 is 14.0 Å². The molecule has 1 saturated heterocycles. The summed E-state index contributed by atoms with van der Waals surface area (Å²) in [7, 11) is 0. The molecule has 5 aliphatic rings. The number of nitrogens with one attached hydrogen (secondary N) is 2. The summed E-state index contributed by atoms with van der Waals surface area (Å²) in [4.78, 5) is 24.6. The van der Waals surface area contributed by atoms with Crippen molar-refractivity contribution in [1.29, 1.82) is 0 Å². The van der Waals surface area contributed by atoms with E-state index in [2.05, 4.69) is 10.6 Å². The first-order valence-electron chi connectivity index (χ1n) is 8.26. The third-order valence-corrected chi connectivity index (χ3v) is 6.06. The molecule has 5 rings (SSSR count). The molecular weight excluding hydrogens is 271 g/mol. The zero-order valence-electron chi connectivity index (χ0n) is 12.3. The molecule has 2 amide bonds. The van der Waals surface area contributed by atoms with Crippen LogP contribution in [0, 0.1) is 17.3 Å². The average molecular weight is 294 g/mol. The molecule has 2 unspecified atom stereocenters. The first-order chi connectivity index (χ1) is 9.98. The summed E-state index contributed by atoms with van der Waals surface area (Å²) in [6.07, 6.45) is 5.95. The Kier molecular flexibility index (Phi) is 2.86. The van der Waals surface area contributed by atoms with Crippen molar-refractivity contribution in [3.63, 3.8) is 0 Å². The van der Waals surface area contributed by atoms with Gasteiger partial charge in [-0.3, -0.25) is 9.59 Å². The standard InChI is InChI=1S/C16H23FN2O2/c17-16-7-10-4-11(8-16)6-15(5-10,9-16)14(21)19-12-2-1-3-18-13(12)20/h10-12H,1-9H2,(H,18,20)(H,19,21)/t10?,11?,12-,15?,16?/m1/s1. The normalized spacial score (nSPS) is 48.0. The minimum Gasteiger partial charge on any atom is -0.354 e. The van der Waals surface area contributed by atoms with Crippen molar-refractivity contribution in [2.75, 3.05) is 6.54 Å². The molecule has 4 bridgehead atoms. The van der Waals surface area contributed by atoms with Gasteiger partial charge in [-0.15, -0.1) is 0 Å². The Morgan fingerprint density at radius 3 is 2.57 bits per heavy atom. The number of halogens is 1. The molecule has 0 radical (unpaired) electrons. The van der Waals surface area contributed by atoms with E-state index in [4.69, 9.17) is 0 Å². The van der Waals surface area contributed by atoms with Gasteiger partial charge in [0, 0.05) is 6.54 Å². The highest BCUT2D eigenvalue weighted by atomic mass is 19.1. The molecule has 0 aromatic rings. The van der Waals surface area contributed by atoms with Gasteiger partial charge in [0.1, 0.15) is 11.7 Å². The van der Waals surface area contributed by atoms with Gasteiger partial charge in [-0.05, 0) is 63.2 Å². The van der Waals surface area contributed by atoms with Crippen LogP contribution >= 0.6 is 0 Å². The first-order valence-corrected chi connectivity index (χ1v) is 8.26. The van der Waals surface area contributed by atoms with Crippen LogP contribution in [0.2, 0.25) is 0 Å². The van der Waals surface area contributed by atoms with E-state index < -0.39 is 17.1 Å². The van der Waals surface area contributed by atoms with Crippen LogP contribution in [0.3, 0.4) is 0 Å². The summed E-state index contributed by atoms with van der Waals surface area (Å²) in [6, 6.07) is -0.421. The number of carbonyl (C=O) groups is 2. The predicted molar refractivity (Wildman–Crippen MR) is 75.1 cm³/mol. The highest BCUT2D eigenvalue weighted by molar-refractivity contribution is 5.90. The van der Waals surface area contributed by atoms with Gasteiger partial charge in [0.2, 0.25) is 11.8 Å². The van der Waals surface area contributed by atoms with Crippen molar-refractivity contribution in [3.8, 4) is 0 Å². The predicted octanol–water partition coefficient (Wildman–Crippen LogP) is 1.69. The smallest absolute Gasteiger partial charge is 0.242 e. The van der Waals surface area contributed by atoms with E-state index in [1.165, 1.54) is 0 Å². The van der Waals surface area contributed by atoms with E-state index in [9.17, 15) is 14.0 Å². The molecule has 1 aliphatic heterocycles. The van der Waals surface area contributed by atoms with E-state index in [1.54, 1.807) is 0 Å². The molecule has 2 N–H and O–H groups in total. The minimum absolute atomic E-state index is 0.0688. The Labute approximate surface area is 124 Å². The summed E-state index contributed by atoms with van der Waals surface area (Å²) in [5.74, 6) is 0.569. The second-order valence-electron chi connectivity index (χ2n) is 7.85. The maximum Gasteiger partial charge on any atom is 0.242 e. The van der Waals surface area contributed by atoms with E-state index >= 15 is 0 Å². The molecule has 0 spiro atoms. The summed E-state index contributed by atoms with van der Waals surface area (Å²) < 4.78 is 14.9. The number of hydrogen-bond acceptors (Lipinski definition) is 2. The van der Waals surface area contributed by atoms with Gasteiger partial charge in [0.05, 0.1) is 5.41 Å². The van der Waals surface area contributed by atoms with Gasteiger partial charge in [-0.1, -0.05) is 0 Å². The maximum atomic E-state index is 14.9. The van der Waals surface area contributed by atoms with E-state index in [0.29, 0.717) is 44.1 Å². The third-order valence-electron chi connectivity index (χ3n) is 6.06. The van der Waals surface area contributed by atoms with E-state index in [1.807, 2.05) is 0 Å². The molecule has 0 aromatic heterocycles. The fourth-order valence-electron chi connectivity index (χ4n) is 5.64. The monoisotopic (exact) mass is 294 g/mol. The van der Waals surface area contributed by atoms with Crippen LogP contribution in [0.25, 0.3) is 0 Å². The summed E-state index contributed by atoms with van der Waals surface area (Å²) in [5.41, 5.74) is -1.67. The molecule has 3 atom stereocenters. The van der Waals surface area contributed by atoms with Crippen LogP contribution in [0.5, 0.6) is 0 Å². The SMILES string of the molecule is O=C1NCCC[C@H]1NC(=O)C12CC3CC(CC(F)(C3)C1)C2. The number of amides is 2. The van der Waals surface area contributed by atoms with Gasteiger partial charge in [0.15, 0.2) is 0 Å². The second kappa shape index (κ2) is 4.43. The van der Waals surface area contributed by atoms with Gasteiger partial charge in [0.25, 0.3) is 0 Å². The summed E-state index contributed by atoms with van der Waals surface area (Å²) in [5, 5.41) is 5.72. The number of alkyl halides is 1. The molecule has 5 heteroatoms. The Balaban J connectivity index is 1.52. The lowest BCUT2D eigenvalue weighted by Gasteiger charge is -2.58. The molecule has 4 aliphatic carbocycles. The van der Waals surface area contributed by atoms with Crippen LogP contribution < -0.4 is 10.6 Å². The number of carbonyl (C=O) groups excluding carboxylic acids is 2. The molecule has 1 heterocycles. The molecule has 0 aromatic carbocycles. The van der Waals surface area contributed by atoms with E-state index in [0.717, 1.165) is 25.7 Å². The zero-order valence-corrected chi connectivity index (χ0v) is 12.3. The van der Waals surface area contributed by atoms with Crippen LogP contribution in [-0.4, -0.2) is 30.1 Å². The van der Waals surface area contributed by atoms with Gasteiger partial charge in [-0.2, -0.15) is 0 Å². The lowest BCUT2D eigenvalue weighted by molar-refractivity contribution is -0.162. The molecule has 21 heavy (non-hydrogen) atoms. The summed E-state index contributed by atoms with van der Waals surface area (Å²) >= 11 is 0. The van der Waals surface area contributed by atoms with Crippen molar-refractivity contribution in [3.05, 3.63) is 0 Å². The molecule has 4 saturated carbocycles. The quantitative estimate of drug-likeness (QED) is 0.814. The highest BCUT2D eigenvalue weighted by Crippen LogP contribution is 2.63. The highest BCUT2D eigenvalue weighted by Gasteiger charge is 2.61. The lowest BCUT2D eigenvalue weighted by Crippen LogP contribution is -2.61. The van der Waals surface area contributed by atoms with Gasteiger partial charge in [-0.25, -0.2) is 4.39 Å². The fraction of sp³-hybridized carbons (Fsp3) is 0.875. The fourth-order valence-corrected chi connectivity index (χ4v) is 5.64. The van der Waals surface area contributed by atoms with Crippen LogP contribution in [0.1, 0.15) is 51.4 Å². The average Bonchev–Trinajstić information content (AvgIpc) is 2.38. The molecular formula is C16H23FN2O2. The van der Waals surface area contributed by atoms with E-state index in [-0.39, 0.29) is 11.8 Å². The number of hydrogen-bond donors (Lipinski definition) is 2. The van der Waals surface area contributed by atoms with Crippen molar-refractivity contribution in [2.24, 2.45) is 17.3 Å². The number of piperidine rings is 1. The van der Waals surface area contributed by atoms with Crippen LogP contribution in [0.4, 0.5) is 4.39 Å². The maximum absolute atomic E-state index is 14.9. The third kappa shape index (κ3) is 2.16. The van der Waals surface area contributed by atoms with Crippen molar-refractivity contribution in [1.82, 2.24) is 10.6 Å². The topological polar surface area (TPSA) is 58.2 Å². The minimum atomic E-state index is -1.13. The Bertz CT molecular complexity index is 479. The molecule has 4 nitrogen and oxygen atoms in total. The van der Waals surface area contributed by atoms with Crippen LogP contribution in [-0.2, 0) is 9.59 Å². The Morgan fingerprint density at radius 2 is 1.95 bits per heavy atom. The van der Waals surface area contributed by atoms with Gasteiger partial charge >= 0.3 is 0 Å². The Hall–Kier alpha value is -1.13. The van der Waals surface area contributed by atoms with Crippen molar-refractivity contribution in [2.45, 2.75) is 63.1 Å². The van der Waals surface area contributed by atoms with Crippen molar-refractivity contribution >= 4 is 11.8 Å². The Morgan fingerprint density at radius 1 is 1.24 bits per heavy atom. The largest absolute Gasteiger partial charge is 0.354 e. The molecule has 5 fully saturated rings. The first kappa shape index (κ1) is 13.5. The van der Waals surface area contributed by atoms with Gasteiger partial charge < -0.3 is 10.6 Å².